The van der Waals surface area contributed by atoms with Crippen LogP contribution >= 0.6 is 23.2 Å². The van der Waals surface area contributed by atoms with E-state index in [0.29, 0.717) is 11.6 Å². The number of ether oxygens (including phenoxy) is 1. The van der Waals surface area contributed by atoms with E-state index < -0.39 is 0 Å². The van der Waals surface area contributed by atoms with Crippen molar-refractivity contribution in [2.24, 2.45) is 0 Å². The summed E-state index contributed by atoms with van der Waals surface area (Å²) < 4.78 is 5.68. The number of piperidine rings is 1. The van der Waals surface area contributed by atoms with Crippen molar-refractivity contribution in [2.75, 3.05) is 19.7 Å². The van der Waals surface area contributed by atoms with Crippen molar-refractivity contribution in [1.29, 1.82) is 0 Å². The van der Waals surface area contributed by atoms with E-state index >= 15 is 0 Å². The normalized spacial score (nSPS) is 30.5. The Hall–Kier alpha value is 0.240. The fourth-order valence-electron chi connectivity index (χ4n) is 1.43. The Morgan fingerprint density at radius 1 is 1.69 bits per heavy atom. The van der Waals surface area contributed by atoms with Gasteiger partial charge in [-0.15, -0.1) is 0 Å². The smallest absolute Gasteiger partial charge is 0.0839 e. The van der Waals surface area contributed by atoms with E-state index in [9.17, 15) is 0 Å². The van der Waals surface area contributed by atoms with Crippen LogP contribution in [0.1, 0.15) is 19.8 Å². The van der Waals surface area contributed by atoms with Crippen LogP contribution in [0.4, 0.5) is 0 Å². The predicted octanol–water partition coefficient (Wildman–Crippen LogP) is 2.46. The van der Waals surface area contributed by atoms with Gasteiger partial charge in [0.15, 0.2) is 0 Å². The lowest BCUT2D eigenvalue weighted by atomic mass is 9.96. The summed E-state index contributed by atoms with van der Waals surface area (Å²) in [7, 11) is 0. The molecule has 0 bridgehead atoms. The summed E-state index contributed by atoms with van der Waals surface area (Å²) >= 11 is 11.2. The molecule has 1 fully saturated rings. The Labute approximate surface area is 89.2 Å². The van der Waals surface area contributed by atoms with Gasteiger partial charge in [0.25, 0.3) is 0 Å². The molecule has 0 spiro atoms. The monoisotopic (exact) mass is 223 g/mol. The summed E-state index contributed by atoms with van der Waals surface area (Å²) in [6.45, 7) is 4.47. The highest BCUT2D eigenvalue weighted by atomic mass is 35.5. The van der Waals surface area contributed by atoms with Gasteiger partial charge in [0.1, 0.15) is 0 Å². The molecule has 1 saturated heterocycles. The minimum atomic E-state index is -0.0850. The van der Waals surface area contributed by atoms with Gasteiger partial charge in [0.05, 0.1) is 17.2 Å². The van der Waals surface area contributed by atoms with E-state index in [2.05, 4.69) is 12.2 Å². The van der Waals surface area contributed by atoms with Gasteiger partial charge in [-0.25, -0.2) is 0 Å². The molecule has 0 aromatic heterocycles. The Kier molecular flexibility index (Phi) is 4.53. The van der Waals surface area contributed by atoms with Crippen LogP contribution < -0.4 is 5.32 Å². The van der Waals surface area contributed by atoms with Crippen LogP contribution in [-0.2, 0) is 4.74 Å². The van der Waals surface area contributed by atoms with Gasteiger partial charge < -0.3 is 10.1 Å². The molecule has 0 aromatic rings. The quantitative estimate of drug-likeness (QED) is 0.795. The molecule has 1 unspecified atom stereocenters. The van der Waals surface area contributed by atoms with Crippen LogP contribution in [0.15, 0.2) is 10.6 Å². The van der Waals surface area contributed by atoms with E-state index in [1.807, 2.05) is 0 Å². The Morgan fingerprint density at radius 3 is 3.00 bits per heavy atom. The van der Waals surface area contributed by atoms with E-state index in [-0.39, 0.29) is 5.60 Å². The first kappa shape index (κ1) is 11.3. The van der Waals surface area contributed by atoms with Crippen molar-refractivity contribution >= 4 is 23.2 Å². The average Bonchev–Trinajstić information content (AvgIpc) is 2.15. The summed E-state index contributed by atoms with van der Waals surface area (Å²) in [6.07, 6.45) is 2.23. The Bertz CT molecular complexity index is 188. The molecule has 76 valence electrons. The van der Waals surface area contributed by atoms with Crippen LogP contribution in [0.5, 0.6) is 0 Å². The number of hydrogen-bond acceptors (Lipinski definition) is 2. The maximum atomic E-state index is 5.73. The van der Waals surface area contributed by atoms with E-state index in [1.165, 1.54) is 5.54 Å². The molecule has 0 radical (unpaired) electrons. The highest BCUT2D eigenvalue weighted by Gasteiger charge is 2.27. The Morgan fingerprint density at radius 2 is 2.46 bits per heavy atom. The molecule has 1 aliphatic heterocycles. The maximum Gasteiger partial charge on any atom is 0.0839 e. The summed E-state index contributed by atoms with van der Waals surface area (Å²) in [4.78, 5) is 0. The van der Waals surface area contributed by atoms with Crippen LogP contribution in [0.25, 0.3) is 0 Å². The zero-order chi connectivity index (χ0) is 9.73. The number of hydrogen-bond donors (Lipinski definition) is 1. The molecule has 1 atom stereocenters. The first-order chi connectivity index (χ1) is 6.16. The van der Waals surface area contributed by atoms with Crippen LogP contribution in [0.2, 0.25) is 0 Å². The van der Waals surface area contributed by atoms with Crippen molar-refractivity contribution < 1.29 is 4.74 Å². The lowest BCUT2D eigenvalue weighted by Gasteiger charge is -2.34. The zero-order valence-electron chi connectivity index (χ0n) is 7.78. The van der Waals surface area contributed by atoms with E-state index in [0.717, 1.165) is 25.9 Å². The zero-order valence-corrected chi connectivity index (χ0v) is 9.29. The summed E-state index contributed by atoms with van der Waals surface area (Å²) in [5.41, 5.74) is 1.26. The molecule has 0 amide bonds. The van der Waals surface area contributed by atoms with E-state index in [4.69, 9.17) is 27.9 Å². The third-order valence-electron chi connectivity index (χ3n) is 2.24. The molecule has 1 rings (SSSR count). The summed E-state index contributed by atoms with van der Waals surface area (Å²) in [5, 5.41) is 3.85. The molecule has 2 nitrogen and oxygen atoms in total. The number of nitrogens with one attached hydrogen (secondary N) is 1. The maximum absolute atomic E-state index is 5.73. The summed E-state index contributed by atoms with van der Waals surface area (Å²) in [6, 6.07) is 0. The van der Waals surface area contributed by atoms with Gasteiger partial charge >= 0.3 is 0 Å². The standard InChI is InChI=1S/C9H15Cl2NO/c1-9(3-2-4-12-7-9)13-6-8(11)5-10/h5,12H,2-4,6-7H2,1H3. The lowest BCUT2D eigenvalue weighted by molar-refractivity contribution is -0.0334. The third-order valence-corrected chi connectivity index (χ3v) is 2.83. The first-order valence-corrected chi connectivity index (χ1v) is 5.27. The second kappa shape index (κ2) is 5.20. The molecule has 1 N–H and O–H groups in total. The van der Waals surface area contributed by atoms with E-state index in [1.54, 1.807) is 0 Å². The molecular weight excluding hydrogens is 209 g/mol. The van der Waals surface area contributed by atoms with Crippen molar-refractivity contribution in [3.05, 3.63) is 10.6 Å². The Balaban J connectivity index is 2.33. The van der Waals surface area contributed by atoms with Crippen molar-refractivity contribution in [3.8, 4) is 0 Å². The molecule has 13 heavy (non-hydrogen) atoms. The number of halogens is 2. The third kappa shape index (κ3) is 3.86. The van der Waals surface area contributed by atoms with Gasteiger partial charge in [-0.1, -0.05) is 23.2 Å². The van der Waals surface area contributed by atoms with Gasteiger partial charge in [-0.2, -0.15) is 0 Å². The van der Waals surface area contributed by atoms with Gasteiger partial charge in [-0.05, 0) is 26.3 Å². The van der Waals surface area contributed by atoms with Crippen LogP contribution in [-0.4, -0.2) is 25.3 Å². The van der Waals surface area contributed by atoms with Crippen molar-refractivity contribution in [2.45, 2.75) is 25.4 Å². The fraction of sp³-hybridized carbons (Fsp3) is 0.778. The van der Waals surface area contributed by atoms with Crippen LogP contribution in [0, 0.1) is 0 Å². The van der Waals surface area contributed by atoms with Crippen LogP contribution in [0.3, 0.4) is 0 Å². The summed E-state index contributed by atoms with van der Waals surface area (Å²) in [5.74, 6) is 0. The predicted molar refractivity (Wildman–Crippen MR) is 56.2 cm³/mol. The SMILES string of the molecule is CC1(OCC(Cl)=CCl)CCCNC1. The highest BCUT2D eigenvalue weighted by molar-refractivity contribution is 6.36. The lowest BCUT2D eigenvalue weighted by Crippen LogP contribution is -2.45. The van der Waals surface area contributed by atoms with Gasteiger partial charge in [-0.3, -0.25) is 0 Å². The second-order valence-electron chi connectivity index (χ2n) is 3.57. The minimum Gasteiger partial charge on any atom is -0.368 e. The number of rotatable bonds is 3. The molecule has 1 aliphatic rings. The molecule has 0 saturated carbocycles. The topological polar surface area (TPSA) is 21.3 Å². The largest absolute Gasteiger partial charge is 0.368 e. The molecule has 0 aromatic carbocycles. The van der Waals surface area contributed by atoms with Gasteiger partial charge in [0.2, 0.25) is 0 Å². The average molecular weight is 224 g/mol. The molecule has 1 heterocycles. The molecule has 0 aliphatic carbocycles. The molecule has 4 heteroatoms. The first-order valence-electron chi connectivity index (χ1n) is 4.46. The second-order valence-corrected chi connectivity index (χ2v) is 4.28. The highest BCUT2D eigenvalue weighted by Crippen LogP contribution is 2.21. The minimum absolute atomic E-state index is 0.0850. The fourth-order valence-corrected chi connectivity index (χ4v) is 1.54. The van der Waals surface area contributed by atoms with Gasteiger partial charge in [0, 0.05) is 12.1 Å². The van der Waals surface area contributed by atoms with Crippen molar-refractivity contribution in [1.82, 2.24) is 5.32 Å². The van der Waals surface area contributed by atoms with Crippen molar-refractivity contribution in [3.63, 3.8) is 0 Å². The molecular formula is C9H15Cl2NO.